The van der Waals surface area contributed by atoms with Crippen molar-refractivity contribution < 1.29 is 14.6 Å². The number of carbonyl (C=O) groups excluding carboxylic acids is 1. The Balaban J connectivity index is 3.02. The smallest absolute Gasteiger partial charge is 0.193 e. The number of aryl methyl sites for hydroxylation is 1. The van der Waals surface area contributed by atoms with Gasteiger partial charge in [0, 0.05) is 5.56 Å². The lowest BCUT2D eigenvalue weighted by Crippen LogP contribution is -2.31. The van der Waals surface area contributed by atoms with Crippen LogP contribution in [0.15, 0.2) is 18.2 Å². The largest absolute Gasteiger partial charge is 0.494 e. The fourth-order valence-electron chi connectivity index (χ4n) is 1.46. The van der Waals surface area contributed by atoms with Crippen LogP contribution in [0.5, 0.6) is 5.75 Å². The van der Waals surface area contributed by atoms with Crippen LogP contribution in [0.4, 0.5) is 0 Å². The van der Waals surface area contributed by atoms with E-state index in [1.54, 1.807) is 18.2 Å². The van der Waals surface area contributed by atoms with E-state index in [2.05, 4.69) is 0 Å². The van der Waals surface area contributed by atoms with Gasteiger partial charge in [0.15, 0.2) is 5.78 Å². The van der Waals surface area contributed by atoms with E-state index >= 15 is 0 Å². The van der Waals surface area contributed by atoms with Crippen molar-refractivity contribution in [3.63, 3.8) is 0 Å². The highest BCUT2D eigenvalue weighted by Crippen LogP contribution is 2.21. The third kappa shape index (κ3) is 2.83. The molecule has 3 nitrogen and oxygen atoms in total. The number of hydrogen-bond donors (Lipinski definition) is 1. The van der Waals surface area contributed by atoms with Crippen molar-refractivity contribution in [3.05, 3.63) is 29.3 Å². The van der Waals surface area contributed by atoms with Gasteiger partial charge in [-0.2, -0.15) is 0 Å². The lowest BCUT2D eigenvalue weighted by molar-refractivity contribution is 0.0488. The van der Waals surface area contributed by atoms with Gasteiger partial charge in [-0.15, -0.1) is 0 Å². The highest BCUT2D eigenvalue weighted by molar-refractivity contribution is 6.02. The molecule has 0 heterocycles. The molecule has 88 valence electrons. The highest BCUT2D eigenvalue weighted by atomic mass is 16.5. The summed E-state index contributed by atoms with van der Waals surface area (Å²) in [6, 6.07) is 5.18. The maximum atomic E-state index is 11.8. The molecule has 1 rings (SSSR count). The summed E-state index contributed by atoms with van der Waals surface area (Å²) < 4.78 is 5.38. The van der Waals surface area contributed by atoms with Crippen molar-refractivity contribution in [2.24, 2.45) is 0 Å². The van der Waals surface area contributed by atoms with Gasteiger partial charge in [-0.3, -0.25) is 4.79 Å². The van der Waals surface area contributed by atoms with Gasteiger partial charge < -0.3 is 9.84 Å². The number of hydrogen-bond acceptors (Lipinski definition) is 3. The maximum absolute atomic E-state index is 11.8. The van der Waals surface area contributed by atoms with Crippen molar-refractivity contribution in [1.82, 2.24) is 0 Å². The van der Waals surface area contributed by atoms with Crippen LogP contribution in [0, 0.1) is 6.92 Å². The lowest BCUT2D eigenvalue weighted by atomic mass is 9.95. The van der Waals surface area contributed by atoms with Crippen molar-refractivity contribution in [3.8, 4) is 5.75 Å². The quantitative estimate of drug-likeness (QED) is 0.795. The van der Waals surface area contributed by atoms with Crippen LogP contribution >= 0.6 is 0 Å². The van der Waals surface area contributed by atoms with E-state index in [0.717, 1.165) is 11.3 Å². The molecular formula is C13H18O3. The normalized spacial score (nSPS) is 11.3. The lowest BCUT2D eigenvalue weighted by Gasteiger charge is -2.16. The Morgan fingerprint density at radius 2 is 2.06 bits per heavy atom. The predicted octanol–water partition coefficient (Wildman–Crippen LogP) is 2.35. The molecule has 0 radical (unpaired) electrons. The minimum Gasteiger partial charge on any atom is -0.494 e. The number of aliphatic hydroxyl groups is 1. The van der Waals surface area contributed by atoms with E-state index in [-0.39, 0.29) is 5.78 Å². The van der Waals surface area contributed by atoms with Gasteiger partial charge in [0.05, 0.1) is 6.61 Å². The highest BCUT2D eigenvalue weighted by Gasteiger charge is 2.25. The Bertz CT molecular complexity index is 389. The summed E-state index contributed by atoms with van der Waals surface area (Å²) in [5.74, 6) is 0.494. The third-order valence-corrected chi connectivity index (χ3v) is 2.29. The number of Topliss-reactive ketones (excluding diaryl/α,β-unsaturated/α-hetero) is 1. The molecule has 0 amide bonds. The molecule has 0 aromatic heterocycles. The average Bonchev–Trinajstić information content (AvgIpc) is 2.19. The summed E-state index contributed by atoms with van der Waals surface area (Å²) in [4.78, 5) is 11.8. The van der Waals surface area contributed by atoms with Gasteiger partial charge in [0.25, 0.3) is 0 Å². The third-order valence-electron chi connectivity index (χ3n) is 2.29. The van der Waals surface area contributed by atoms with E-state index in [1.165, 1.54) is 13.8 Å². The summed E-state index contributed by atoms with van der Waals surface area (Å²) in [7, 11) is 0. The zero-order valence-electron chi connectivity index (χ0n) is 10.2. The summed E-state index contributed by atoms with van der Waals surface area (Å²) in [6.45, 7) is 7.36. The number of carbonyl (C=O) groups is 1. The van der Waals surface area contributed by atoms with E-state index in [0.29, 0.717) is 12.2 Å². The molecule has 1 N–H and O–H groups in total. The van der Waals surface area contributed by atoms with Crippen LogP contribution in [-0.2, 0) is 0 Å². The second-order valence-corrected chi connectivity index (χ2v) is 4.30. The molecule has 3 heteroatoms. The van der Waals surface area contributed by atoms with E-state index < -0.39 is 5.60 Å². The Hall–Kier alpha value is -1.35. The number of ketones is 1. The molecule has 1 aromatic carbocycles. The molecule has 0 bridgehead atoms. The topological polar surface area (TPSA) is 46.5 Å². The monoisotopic (exact) mass is 222 g/mol. The van der Waals surface area contributed by atoms with Gasteiger partial charge in [0.1, 0.15) is 11.4 Å². The summed E-state index contributed by atoms with van der Waals surface area (Å²) >= 11 is 0. The summed E-state index contributed by atoms with van der Waals surface area (Å²) in [6.07, 6.45) is 0. The molecule has 0 aliphatic rings. The van der Waals surface area contributed by atoms with E-state index in [4.69, 9.17) is 4.74 Å². The fraction of sp³-hybridized carbons (Fsp3) is 0.462. The summed E-state index contributed by atoms with van der Waals surface area (Å²) in [5.41, 5.74) is 0.0740. The number of ether oxygens (including phenoxy) is 1. The zero-order valence-corrected chi connectivity index (χ0v) is 10.2. The van der Waals surface area contributed by atoms with Crippen LogP contribution in [0.2, 0.25) is 0 Å². The second-order valence-electron chi connectivity index (χ2n) is 4.30. The molecule has 16 heavy (non-hydrogen) atoms. The Kier molecular flexibility index (Phi) is 3.70. The first-order chi connectivity index (χ1) is 7.36. The first-order valence-corrected chi connectivity index (χ1v) is 5.37. The van der Waals surface area contributed by atoms with Crippen molar-refractivity contribution in [2.75, 3.05) is 6.61 Å². The first-order valence-electron chi connectivity index (χ1n) is 5.37. The minimum atomic E-state index is -1.33. The second kappa shape index (κ2) is 4.66. The molecule has 1 aromatic rings. The van der Waals surface area contributed by atoms with Crippen molar-refractivity contribution in [1.29, 1.82) is 0 Å². The molecular weight excluding hydrogens is 204 g/mol. The van der Waals surface area contributed by atoms with Crippen molar-refractivity contribution >= 4 is 5.78 Å². The molecule has 0 aliphatic heterocycles. The molecule has 0 aliphatic carbocycles. The molecule has 0 atom stereocenters. The molecule has 0 saturated carbocycles. The first kappa shape index (κ1) is 12.7. The van der Waals surface area contributed by atoms with Crippen LogP contribution in [0.1, 0.15) is 36.7 Å². The van der Waals surface area contributed by atoms with Gasteiger partial charge in [-0.05, 0) is 51.5 Å². The fourth-order valence-corrected chi connectivity index (χ4v) is 1.46. The van der Waals surface area contributed by atoms with Gasteiger partial charge in [-0.1, -0.05) is 0 Å². The van der Waals surface area contributed by atoms with Crippen LogP contribution in [0.3, 0.4) is 0 Å². The van der Waals surface area contributed by atoms with E-state index in [1.807, 2.05) is 13.8 Å². The minimum absolute atomic E-state index is 0.279. The maximum Gasteiger partial charge on any atom is 0.193 e. The molecule has 0 unspecified atom stereocenters. The van der Waals surface area contributed by atoms with Crippen LogP contribution in [-0.4, -0.2) is 23.1 Å². The Morgan fingerprint density at radius 3 is 2.50 bits per heavy atom. The Morgan fingerprint density at radius 1 is 1.44 bits per heavy atom. The van der Waals surface area contributed by atoms with Gasteiger partial charge in [0.2, 0.25) is 0 Å². The number of rotatable bonds is 4. The zero-order chi connectivity index (χ0) is 12.3. The summed E-state index contributed by atoms with van der Waals surface area (Å²) in [5, 5.41) is 9.62. The molecule has 0 spiro atoms. The predicted molar refractivity (Wildman–Crippen MR) is 63.0 cm³/mol. The van der Waals surface area contributed by atoms with Gasteiger partial charge >= 0.3 is 0 Å². The number of benzene rings is 1. The average molecular weight is 222 g/mol. The molecule has 0 fully saturated rings. The molecule has 0 saturated heterocycles. The van der Waals surface area contributed by atoms with Crippen LogP contribution < -0.4 is 4.74 Å². The SMILES string of the molecule is CCOc1ccc(C(=O)C(C)(C)O)cc1C. The van der Waals surface area contributed by atoms with Crippen LogP contribution in [0.25, 0.3) is 0 Å². The van der Waals surface area contributed by atoms with Gasteiger partial charge in [-0.25, -0.2) is 0 Å². The van der Waals surface area contributed by atoms with Crippen molar-refractivity contribution in [2.45, 2.75) is 33.3 Å². The standard InChI is InChI=1S/C13H18O3/c1-5-16-11-7-6-10(8-9(11)2)12(14)13(3,4)15/h6-8,15H,5H2,1-4H3. The Labute approximate surface area is 96.1 Å². The van der Waals surface area contributed by atoms with E-state index in [9.17, 15) is 9.90 Å².